The maximum atomic E-state index is 5.52. The molecule has 0 saturated carbocycles. The summed E-state index contributed by atoms with van der Waals surface area (Å²) in [6, 6.07) is 3.92. The van der Waals surface area contributed by atoms with Crippen LogP contribution in [0.2, 0.25) is 0 Å². The molecule has 3 nitrogen and oxygen atoms in total. The zero-order valence-corrected chi connectivity index (χ0v) is 11.1. The lowest BCUT2D eigenvalue weighted by Crippen LogP contribution is -2.28. The Morgan fingerprint density at radius 3 is 2.53 bits per heavy atom. The summed E-state index contributed by atoms with van der Waals surface area (Å²) >= 11 is 3.28. The summed E-state index contributed by atoms with van der Waals surface area (Å²) in [6.45, 7) is 6.66. The maximum Gasteiger partial charge on any atom is 0.169 e. The van der Waals surface area contributed by atoms with Crippen molar-refractivity contribution in [3.05, 3.63) is 22.6 Å². The van der Waals surface area contributed by atoms with E-state index in [-0.39, 0.29) is 6.04 Å². The molecule has 0 aliphatic rings. The minimum Gasteiger partial charge on any atom is -0.453 e. The first-order chi connectivity index (χ1) is 6.92. The highest BCUT2D eigenvalue weighted by molar-refractivity contribution is 9.10. The van der Waals surface area contributed by atoms with Crippen LogP contribution < -0.4 is 11.3 Å². The second-order valence-electron chi connectivity index (χ2n) is 4.96. The molecule has 4 heteroatoms. The Bertz CT molecular complexity index is 304. The second kappa shape index (κ2) is 5.14. The van der Waals surface area contributed by atoms with Gasteiger partial charge in [0, 0.05) is 0 Å². The molecule has 0 saturated heterocycles. The third-order valence-electron chi connectivity index (χ3n) is 2.32. The van der Waals surface area contributed by atoms with Crippen LogP contribution in [0.3, 0.4) is 0 Å². The van der Waals surface area contributed by atoms with Crippen molar-refractivity contribution in [3.8, 4) is 0 Å². The Morgan fingerprint density at radius 1 is 1.47 bits per heavy atom. The van der Waals surface area contributed by atoms with Gasteiger partial charge in [-0.05, 0) is 46.3 Å². The number of hydrogen-bond donors (Lipinski definition) is 2. The van der Waals surface area contributed by atoms with Crippen molar-refractivity contribution in [3.63, 3.8) is 0 Å². The van der Waals surface area contributed by atoms with Crippen LogP contribution in [0.1, 0.15) is 45.4 Å². The molecule has 86 valence electrons. The van der Waals surface area contributed by atoms with Gasteiger partial charge in [0.25, 0.3) is 0 Å². The summed E-state index contributed by atoms with van der Waals surface area (Å²) in [4.78, 5) is 0. The Morgan fingerprint density at radius 2 is 2.13 bits per heavy atom. The molecular weight excluding hydrogens is 256 g/mol. The molecular formula is C11H19BrN2O. The number of nitrogens with one attached hydrogen (secondary N) is 1. The molecule has 1 atom stereocenters. The van der Waals surface area contributed by atoms with Gasteiger partial charge in [0.05, 0.1) is 6.04 Å². The van der Waals surface area contributed by atoms with Crippen LogP contribution >= 0.6 is 15.9 Å². The lowest BCUT2D eigenvalue weighted by atomic mass is 9.88. The fourth-order valence-electron chi connectivity index (χ4n) is 1.40. The monoisotopic (exact) mass is 274 g/mol. The van der Waals surface area contributed by atoms with E-state index in [1.807, 2.05) is 12.1 Å². The molecule has 0 fully saturated rings. The second-order valence-corrected chi connectivity index (χ2v) is 5.74. The summed E-state index contributed by atoms with van der Waals surface area (Å²) in [6.07, 6.45) is 2.07. The van der Waals surface area contributed by atoms with Crippen LogP contribution in [0, 0.1) is 5.41 Å². The third-order valence-corrected chi connectivity index (χ3v) is 2.75. The van der Waals surface area contributed by atoms with Crippen molar-refractivity contribution in [2.24, 2.45) is 11.3 Å². The number of rotatable bonds is 4. The predicted molar refractivity (Wildman–Crippen MR) is 65.2 cm³/mol. The van der Waals surface area contributed by atoms with Crippen LogP contribution in [0.15, 0.2) is 21.2 Å². The summed E-state index contributed by atoms with van der Waals surface area (Å²) in [5.41, 5.74) is 3.11. The molecule has 15 heavy (non-hydrogen) atoms. The van der Waals surface area contributed by atoms with Crippen LogP contribution in [0.5, 0.6) is 0 Å². The Labute approximate surface area is 99.5 Å². The quantitative estimate of drug-likeness (QED) is 0.654. The first-order valence-electron chi connectivity index (χ1n) is 5.14. The normalized spacial score (nSPS) is 14.2. The lowest BCUT2D eigenvalue weighted by molar-refractivity contribution is 0.310. The van der Waals surface area contributed by atoms with Crippen LogP contribution in [-0.2, 0) is 0 Å². The van der Waals surface area contributed by atoms with E-state index in [0.29, 0.717) is 5.41 Å². The largest absolute Gasteiger partial charge is 0.453 e. The number of furan rings is 1. The first-order valence-corrected chi connectivity index (χ1v) is 5.93. The fourth-order valence-corrected chi connectivity index (χ4v) is 1.72. The standard InChI is InChI=1S/C11H19BrN2O/c1-11(2,3)7-6-8(14-13)9-4-5-10(12)15-9/h4-5,8,14H,6-7,13H2,1-3H3. The molecule has 3 N–H and O–H groups in total. The van der Waals surface area contributed by atoms with Crippen molar-refractivity contribution in [2.45, 2.75) is 39.7 Å². The Hall–Kier alpha value is -0.320. The SMILES string of the molecule is CC(C)(C)CCC(NN)c1ccc(Br)o1. The van der Waals surface area contributed by atoms with Crippen molar-refractivity contribution in [2.75, 3.05) is 0 Å². The Balaban J connectivity index is 2.57. The molecule has 1 heterocycles. The van der Waals surface area contributed by atoms with E-state index in [2.05, 4.69) is 42.1 Å². The topological polar surface area (TPSA) is 51.2 Å². The van der Waals surface area contributed by atoms with Crippen LogP contribution in [0.4, 0.5) is 0 Å². The van der Waals surface area contributed by atoms with Crippen LogP contribution in [-0.4, -0.2) is 0 Å². The zero-order chi connectivity index (χ0) is 11.5. The Kier molecular flexibility index (Phi) is 4.37. The van der Waals surface area contributed by atoms with Crippen molar-refractivity contribution in [1.29, 1.82) is 0 Å². The average Bonchev–Trinajstić information content (AvgIpc) is 2.51. The molecule has 0 bridgehead atoms. The smallest absolute Gasteiger partial charge is 0.169 e. The highest BCUT2D eigenvalue weighted by Gasteiger charge is 2.18. The average molecular weight is 275 g/mol. The lowest BCUT2D eigenvalue weighted by Gasteiger charge is -2.21. The van der Waals surface area contributed by atoms with Crippen molar-refractivity contribution < 1.29 is 4.42 Å². The number of hydrazine groups is 1. The van der Waals surface area contributed by atoms with E-state index in [1.165, 1.54) is 0 Å². The molecule has 0 aliphatic heterocycles. The van der Waals surface area contributed by atoms with Gasteiger partial charge in [-0.25, -0.2) is 5.43 Å². The molecule has 1 rings (SSSR count). The third kappa shape index (κ3) is 4.36. The summed E-state index contributed by atoms with van der Waals surface area (Å²) in [7, 11) is 0. The van der Waals surface area contributed by atoms with E-state index in [9.17, 15) is 0 Å². The first kappa shape index (κ1) is 12.7. The molecule has 1 unspecified atom stereocenters. The molecule has 1 aromatic rings. The van der Waals surface area contributed by atoms with Gasteiger partial charge in [-0.1, -0.05) is 20.8 Å². The summed E-state index contributed by atoms with van der Waals surface area (Å²) < 4.78 is 6.22. The molecule has 1 aromatic heterocycles. The highest BCUT2D eigenvalue weighted by atomic mass is 79.9. The van der Waals surface area contributed by atoms with Crippen molar-refractivity contribution >= 4 is 15.9 Å². The van der Waals surface area contributed by atoms with Gasteiger partial charge in [-0.2, -0.15) is 0 Å². The van der Waals surface area contributed by atoms with E-state index >= 15 is 0 Å². The van der Waals surface area contributed by atoms with Gasteiger partial charge < -0.3 is 4.42 Å². The van der Waals surface area contributed by atoms with Gasteiger partial charge in [0.2, 0.25) is 0 Å². The maximum absolute atomic E-state index is 5.52. The minimum absolute atomic E-state index is 0.0931. The van der Waals surface area contributed by atoms with Crippen LogP contribution in [0.25, 0.3) is 0 Å². The number of nitrogens with two attached hydrogens (primary N) is 1. The van der Waals surface area contributed by atoms with Gasteiger partial charge in [-0.15, -0.1) is 0 Å². The molecule has 0 spiro atoms. The minimum atomic E-state index is 0.0931. The summed E-state index contributed by atoms with van der Waals surface area (Å²) in [5.74, 6) is 6.40. The van der Waals surface area contributed by atoms with Gasteiger partial charge >= 0.3 is 0 Å². The van der Waals surface area contributed by atoms with E-state index in [0.717, 1.165) is 23.3 Å². The molecule has 0 aromatic carbocycles. The molecule has 0 aliphatic carbocycles. The van der Waals surface area contributed by atoms with Gasteiger partial charge in [0.1, 0.15) is 5.76 Å². The molecule has 0 amide bonds. The van der Waals surface area contributed by atoms with E-state index in [1.54, 1.807) is 0 Å². The van der Waals surface area contributed by atoms with E-state index < -0.39 is 0 Å². The van der Waals surface area contributed by atoms with Crippen molar-refractivity contribution in [1.82, 2.24) is 5.43 Å². The van der Waals surface area contributed by atoms with Gasteiger partial charge in [-0.3, -0.25) is 5.84 Å². The zero-order valence-electron chi connectivity index (χ0n) is 9.51. The number of hydrogen-bond acceptors (Lipinski definition) is 3. The predicted octanol–water partition coefficient (Wildman–Crippen LogP) is 3.37. The van der Waals surface area contributed by atoms with Gasteiger partial charge in [0.15, 0.2) is 4.67 Å². The summed E-state index contributed by atoms with van der Waals surface area (Å²) in [5, 5.41) is 0. The highest BCUT2D eigenvalue weighted by Crippen LogP contribution is 2.28. The van der Waals surface area contributed by atoms with E-state index in [4.69, 9.17) is 10.3 Å². The number of halogens is 1. The molecule has 0 radical (unpaired) electrons. The fraction of sp³-hybridized carbons (Fsp3) is 0.636.